The van der Waals surface area contributed by atoms with Crippen LogP contribution in [0.3, 0.4) is 0 Å². The number of ether oxygens (including phenoxy) is 1. The van der Waals surface area contributed by atoms with Crippen LogP contribution in [-0.4, -0.2) is 29.5 Å². The SMILES string of the molecule is CCOC(=O)c1cccc(CCCCl)c1C(=O)O. The zero-order valence-electron chi connectivity index (χ0n) is 10.1. The molecule has 1 aromatic rings. The summed E-state index contributed by atoms with van der Waals surface area (Å²) < 4.78 is 4.85. The average Bonchev–Trinajstić information content (AvgIpc) is 2.35. The van der Waals surface area contributed by atoms with Gasteiger partial charge in [-0.2, -0.15) is 0 Å². The van der Waals surface area contributed by atoms with E-state index in [2.05, 4.69) is 0 Å². The van der Waals surface area contributed by atoms with Crippen LogP contribution in [0.1, 0.15) is 39.6 Å². The standard InChI is InChI=1S/C13H15ClO4/c1-2-18-13(17)10-7-3-5-9(6-4-8-14)11(10)12(15)16/h3,5,7H,2,4,6,8H2,1H3,(H,15,16). The van der Waals surface area contributed by atoms with Gasteiger partial charge in [-0.1, -0.05) is 12.1 Å². The Kier molecular flexibility index (Phi) is 5.65. The van der Waals surface area contributed by atoms with E-state index in [0.717, 1.165) is 0 Å². The van der Waals surface area contributed by atoms with Gasteiger partial charge >= 0.3 is 11.9 Å². The quantitative estimate of drug-likeness (QED) is 0.638. The Balaban J connectivity index is 3.17. The molecule has 0 heterocycles. The molecule has 5 heteroatoms. The molecule has 0 radical (unpaired) electrons. The number of carboxylic acid groups (broad SMARTS) is 1. The van der Waals surface area contributed by atoms with E-state index in [1.165, 1.54) is 6.07 Å². The maximum Gasteiger partial charge on any atom is 0.339 e. The molecular weight excluding hydrogens is 256 g/mol. The first kappa shape index (κ1) is 14.5. The average molecular weight is 271 g/mol. The number of carboxylic acids is 1. The Bertz CT molecular complexity index is 443. The minimum absolute atomic E-state index is 0.0149. The fraction of sp³-hybridized carbons (Fsp3) is 0.385. The Labute approximate surface area is 111 Å². The number of halogens is 1. The van der Waals surface area contributed by atoms with Gasteiger partial charge in [-0.05, 0) is 31.4 Å². The van der Waals surface area contributed by atoms with Crippen molar-refractivity contribution in [3.05, 3.63) is 34.9 Å². The van der Waals surface area contributed by atoms with Crippen LogP contribution >= 0.6 is 11.6 Å². The molecule has 0 saturated heterocycles. The zero-order valence-corrected chi connectivity index (χ0v) is 10.9. The topological polar surface area (TPSA) is 63.6 Å². The maximum absolute atomic E-state index is 11.7. The van der Waals surface area contributed by atoms with Crippen LogP contribution in [0, 0.1) is 0 Å². The molecule has 18 heavy (non-hydrogen) atoms. The van der Waals surface area contributed by atoms with Gasteiger partial charge in [-0.3, -0.25) is 0 Å². The van der Waals surface area contributed by atoms with Crippen molar-refractivity contribution in [2.24, 2.45) is 0 Å². The summed E-state index contributed by atoms with van der Waals surface area (Å²) in [6, 6.07) is 4.81. The summed E-state index contributed by atoms with van der Waals surface area (Å²) >= 11 is 5.60. The molecule has 0 saturated carbocycles. The first-order valence-electron chi connectivity index (χ1n) is 5.70. The maximum atomic E-state index is 11.7. The van der Waals surface area contributed by atoms with Crippen LogP contribution in [0.2, 0.25) is 0 Å². The molecule has 0 aliphatic carbocycles. The predicted molar refractivity (Wildman–Crippen MR) is 68.4 cm³/mol. The molecule has 0 atom stereocenters. The van der Waals surface area contributed by atoms with Crippen LogP contribution in [0.25, 0.3) is 0 Å². The second-order valence-corrected chi connectivity index (χ2v) is 4.04. The van der Waals surface area contributed by atoms with E-state index in [1.54, 1.807) is 19.1 Å². The Morgan fingerprint density at radius 3 is 2.67 bits per heavy atom. The summed E-state index contributed by atoms with van der Waals surface area (Å²) in [5, 5.41) is 9.22. The highest BCUT2D eigenvalue weighted by Gasteiger charge is 2.20. The van der Waals surface area contributed by atoms with E-state index in [4.69, 9.17) is 16.3 Å². The van der Waals surface area contributed by atoms with Crippen molar-refractivity contribution in [1.29, 1.82) is 0 Å². The molecule has 0 aliphatic rings. The minimum atomic E-state index is -1.12. The smallest absolute Gasteiger partial charge is 0.339 e. The molecular formula is C13H15ClO4. The molecule has 0 bridgehead atoms. The van der Waals surface area contributed by atoms with E-state index < -0.39 is 11.9 Å². The van der Waals surface area contributed by atoms with E-state index in [1.807, 2.05) is 0 Å². The van der Waals surface area contributed by atoms with Crippen molar-refractivity contribution in [1.82, 2.24) is 0 Å². The number of hydrogen-bond donors (Lipinski definition) is 1. The van der Waals surface area contributed by atoms with Gasteiger partial charge in [0.25, 0.3) is 0 Å². The first-order chi connectivity index (χ1) is 8.61. The summed E-state index contributed by atoms with van der Waals surface area (Å²) in [5.74, 6) is -1.28. The molecule has 0 aliphatic heterocycles. The van der Waals surface area contributed by atoms with Gasteiger partial charge in [0.15, 0.2) is 0 Å². The van der Waals surface area contributed by atoms with E-state index in [-0.39, 0.29) is 17.7 Å². The lowest BCUT2D eigenvalue weighted by atomic mass is 9.98. The van der Waals surface area contributed by atoms with Crippen molar-refractivity contribution in [2.75, 3.05) is 12.5 Å². The van der Waals surface area contributed by atoms with Gasteiger partial charge in [0.2, 0.25) is 0 Å². The normalized spacial score (nSPS) is 10.1. The van der Waals surface area contributed by atoms with Crippen LogP contribution < -0.4 is 0 Å². The Hall–Kier alpha value is -1.55. The molecule has 0 aromatic heterocycles. The number of hydrogen-bond acceptors (Lipinski definition) is 3. The van der Waals surface area contributed by atoms with Crippen LogP contribution in [0.5, 0.6) is 0 Å². The Morgan fingerprint density at radius 2 is 2.11 bits per heavy atom. The molecule has 1 rings (SSSR count). The fourth-order valence-electron chi connectivity index (χ4n) is 1.70. The van der Waals surface area contributed by atoms with Crippen LogP contribution in [0.15, 0.2) is 18.2 Å². The highest BCUT2D eigenvalue weighted by atomic mass is 35.5. The third kappa shape index (κ3) is 3.47. The van der Waals surface area contributed by atoms with Gasteiger partial charge in [0, 0.05) is 5.88 Å². The second-order valence-electron chi connectivity index (χ2n) is 3.66. The van der Waals surface area contributed by atoms with Gasteiger partial charge < -0.3 is 9.84 Å². The summed E-state index contributed by atoms with van der Waals surface area (Å²) in [5.41, 5.74) is 0.714. The highest BCUT2D eigenvalue weighted by Crippen LogP contribution is 2.18. The van der Waals surface area contributed by atoms with Gasteiger partial charge in [0.05, 0.1) is 17.7 Å². The molecule has 1 N–H and O–H groups in total. The predicted octanol–water partition coefficient (Wildman–Crippen LogP) is 2.73. The van der Waals surface area contributed by atoms with Gasteiger partial charge in [-0.15, -0.1) is 11.6 Å². The summed E-state index contributed by atoms with van der Waals surface area (Å²) in [6.45, 7) is 1.89. The number of carbonyl (C=O) groups is 2. The molecule has 98 valence electrons. The number of benzene rings is 1. The van der Waals surface area contributed by atoms with Crippen LogP contribution in [0.4, 0.5) is 0 Å². The lowest BCUT2D eigenvalue weighted by Crippen LogP contribution is -2.14. The minimum Gasteiger partial charge on any atom is -0.478 e. The first-order valence-corrected chi connectivity index (χ1v) is 6.23. The molecule has 1 aromatic carbocycles. The lowest BCUT2D eigenvalue weighted by molar-refractivity contribution is 0.0514. The molecule has 0 amide bonds. The number of aryl methyl sites for hydroxylation is 1. The zero-order chi connectivity index (χ0) is 13.5. The summed E-state index contributed by atoms with van der Waals surface area (Å²) in [7, 11) is 0. The monoisotopic (exact) mass is 270 g/mol. The number of alkyl halides is 1. The van der Waals surface area contributed by atoms with Crippen molar-refractivity contribution in [3.63, 3.8) is 0 Å². The van der Waals surface area contributed by atoms with E-state index in [0.29, 0.717) is 24.3 Å². The van der Waals surface area contributed by atoms with Gasteiger partial charge in [-0.25, -0.2) is 9.59 Å². The summed E-state index contributed by atoms with van der Waals surface area (Å²) in [6.07, 6.45) is 1.19. The molecule has 0 spiro atoms. The third-order valence-corrected chi connectivity index (χ3v) is 2.71. The van der Waals surface area contributed by atoms with Crippen molar-refractivity contribution < 1.29 is 19.4 Å². The molecule has 0 fully saturated rings. The molecule has 0 unspecified atom stereocenters. The number of aromatic carboxylic acids is 1. The number of rotatable bonds is 6. The largest absolute Gasteiger partial charge is 0.478 e. The van der Waals surface area contributed by atoms with Crippen molar-refractivity contribution in [2.45, 2.75) is 19.8 Å². The molecule has 4 nitrogen and oxygen atoms in total. The second kappa shape index (κ2) is 7.01. The fourth-order valence-corrected chi connectivity index (χ4v) is 1.83. The summed E-state index contributed by atoms with van der Waals surface area (Å²) in [4.78, 5) is 23.0. The lowest BCUT2D eigenvalue weighted by Gasteiger charge is -2.10. The van der Waals surface area contributed by atoms with Gasteiger partial charge in [0.1, 0.15) is 0 Å². The number of esters is 1. The van der Waals surface area contributed by atoms with Crippen LogP contribution in [-0.2, 0) is 11.2 Å². The highest BCUT2D eigenvalue weighted by molar-refractivity contribution is 6.17. The Morgan fingerprint density at radius 1 is 1.39 bits per heavy atom. The third-order valence-electron chi connectivity index (χ3n) is 2.44. The van der Waals surface area contributed by atoms with Crippen molar-refractivity contribution >= 4 is 23.5 Å². The van der Waals surface area contributed by atoms with E-state index >= 15 is 0 Å². The number of carbonyl (C=O) groups excluding carboxylic acids is 1. The van der Waals surface area contributed by atoms with E-state index in [9.17, 15) is 14.7 Å². The van der Waals surface area contributed by atoms with Crippen molar-refractivity contribution in [3.8, 4) is 0 Å².